The smallest absolute Gasteiger partial charge is 0.257 e. The van der Waals surface area contributed by atoms with Crippen LogP contribution in [0.5, 0.6) is 0 Å². The Morgan fingerprint density at radius 3 is 2.48 bits per heavy atom. The van der Waals surface area contributed by atoms with Gasteiger partial charge in [-0.15, -0.1) is 0 Å². The Bertz CT molecular complexity index is 908. The summed E-state index contributed by atoms with van der Waals surface area (Å²) in [5.74, 6) is 1.18. The SMILES string of the molecule is Cc1ncc2cc(C(=O)N(C)C)c(N(C)Cc3ccccc3)nc2n1. The van der Waals surface area contributed by atoms with Crippen molar-refractivity contribution in [2.45, 2.75) is 13.5 Å². The topological polar surface area (TPSA) is 62.2 Å². The van der Waals surface area contributed by atoms with Gasteiger partial charge in [-0.25, -0.2) is 15.0 Å². The molecule has 6 heteroatoms. The van der Waals surface area contributed by atoms with E-state index in [4.69, 9.17) is 0 Å². The van der Waals surface area contributed by atoms with E-state index in [-0.39, 0.29) is 5.91 Å². The van der Waals surface area contributed by atoms with E-state index in [0.717, 1.165) is 10.9 Å². The molecule has 128 valence electrons. The summed E-state index contributed by atoms with van der Waals surface area (Å²) >= 11 is 0. The molecular weight excluding hydrogens is 314 g/mol. The highest BCUT2D eigenvalue weighted by Gasteiger charge is 2.20. The number of carbonyl (C=O) groups is 1. The van der Waals surface area contributed by atoms with Gasteiger partial charge in [0.05, 0.1) is 5.56 Å². The highest BCUT2D eigenvalue weighted by molar-refractivity contribution is 6.01. The highest BCUT2D eigenvalue weighted by Crippen LogP contribution is 2.24. The normalized spacial score (nSPS) is 10.7. The van der Waals surface area contributed by atoms with Gasteiger partial charge in [0, 0.05) is 39.3 Å². The van der Waals surface area contributed by atoms with Crippen LogP contribution in [0.3, 0.4) is 0 Å². The number of benzene rings is 1. The number of hydrogen-bond acceptors (Lipinski definition) is 5. The fraction of sp³-hybridized carbons (Fsp3) is 0.263. The summed E-state index contributed by atoms with van der Waals surface area (Å²) in [4.78, 5) is 29.4. The second-order valence-corrected chi connectivity index (χ2v) is 6.23. The van der Waals surface area contributed by atoms with Gasteiger partial charge in [0.1, 0.15) is 11.6 Å². The highest BCUT2D eigenvalue weighted by atomic mass is 16.2. The zero-order valence-electron chi connectivity index (χ0n) is 14.9. The summed E-state index contributed by atoms with van der Waals surface area (Å²) in [6.07, 6.45) is 1.71. The Kier molecular flexibility index (Phi) is 4.61. The molecule has 0 atom stereocenters. The van der Waals surface area contributed by atoms with Gasteiger partial charge in [-0.2, -0.15) is 0 Å². The minimum atomic E-state index is -0.0927. The summed E-state index contributed by atoms with van der Waals surface area (Å²) in [6, 6.07) is 11.9. The Labute approximate surface area is 147 Å². The van der Waals surface area contributed by atoms with E-state index < -0.39 is 0 Å². The van der Waals surface area contributed by atoms with Crippen molar-refractivity contribution in [1.82, 2.24) is 19.9 Å². The lowest BCUT2D eigenvalue weighted by atomic mass is 10.1. The fourth-order valence-corrected chi connectivity index (χ4v) is 2.66. The molecule has 0 saturated heterocycles. The van der Waals surface area contributed by atoms with E-state index in [1.807, 2.05) is 43.1 Å². The molecule has 1 aromatic carbocycles. The summed E-state index contributed by atoms with van der Waals surface area (Å²) < 4.78 is 0. The van der Waals surface area contributed by atoms with Gasteiger partial charge < -0.3 is 9.80 Å². The van der Waals surface area contributed by atoms with E-state index in [1.54, 1.807) is 25.2 Å². The minimum Gasteiger partial charge on any atom is -0.355 e. The third-order valence-corrected chi connectivity index (χ3v) is 3.93. The van der Waals surface area contributed by atoms with E-state index in [0.29, 0.717) is 29.4 Å². The molecule has 3 aromatic rings. The molecule has 2 heterocycles. The number of aryl methyl sites for hydroxylation is 1. The molecule has 25 heavy (non-hydrogen) atoms. The van der Waals surface area contributed by atoms with Gasteiger partial charge in [-0.1, -0.05) is 30.3 Å². The van der Waals surface area contributed by atoms with Crippen LogP contribution >= 0.6 is 0 Å². The van der Waals surface area contributed by atoms with Crippen molar-refractivity contribution in [2.24, 2.45) is 0 Å². The third-order valence-electron chi connectivity index (χ3n) is 3.93. The van der Waals surface area contributed by atoms with Gasteiger partial charge in [-0.05, 0) is 18.6 Å². The van der Waals surface area contributed by atoms with Crippen LogP contribution in [0, 0.1) is 6.92 Å². The maximum Gasteiger partial charge on any atom is 0.257 e. The molecular formula is C19H21N5O. The Hall–Kier alpha value is -3.02. The lowest BCUT2D eigenvalue weighted by molar-refractivity contribution is 0.0828. The van der Waals surface area contributed by atoms with Crippen LogP contribution in [0.15, 0.2) is 42.6 Å². The van der Waals surface area contributed by atoms with Crippen molar-refractivity contribution in [2.75, 3.05) is 26.0 Å². The second kappa shape index (κ2) is 6.84. The molecule has 0 radical (unpaired) electrons. The predicted molar refractivity (Wildman–Crippen MR) is 98.6 cm³/mol. The largest absolute Gasteiger partial charge is 0.355 e. The van der Waals surface area contributed by atoms with Crippen molar-refractivity contribution < 1.29 is 4.79 Å². The van der Waals surface area contributed by atoms with Gasteiger partial charge in [-0.3, -0.25) is 4.79 Å². The van der Waals surface area contributed by atoms with E-state index in [2.05, 4.69) is 27.1 Å². The lowest BCUT2D eigenvalue weighted by Gasteiger charge is -2.22. The Morgan fingerprint density at radius 2 is 1.80 bits per heavy atom. The first-order chi connectivity index (χ1) is 12.0. The van der Waals surface area contributed by atoms with Crippen LogP contribution in [0.25, 0.3) is 11.0 Å². The molecule has 3 rings (SSSR count). The van der Waals surface area contributed by atoms with Crippen LogP contribution in [-0.2, 0) is 6.54 Å². The van der Waals surface area contributed by atoms with Crippen molar-refractivity contribution >= 4 is 22.8 Å². The van der Waals surface area contributed by atoms with Gasteiger partial charge >= 0.3 is 0 Å². The first-order valence-corrected chi connectivity index (χ1v) is 8.07. The summed E-state index contributed by atoms with van der Waals surface area (Å²) in [5, 5.41) is 0.757. The van der Waals surface area contributed by atoms with Crippen molar-refractivity contribution in [3.05, 3.63) is 59.5 Å². The number of hydrogen-bond donors (Lipinski definition) is 0. The summed E-state index contributed by atoms with van der Waals surface area (Å²) in [6.45, 7) is 2.48. The molecule has 0 aliphatic rings. The lowest BCUT2D eigenvalue weighted by Crippen LogP contribution is -2.27. The first-order valence-electron chi connectivity index (χ1n) is 8.07. The van der Waals surface area contributed by atoms with Gasteiger partial charge in [0.15, 0.2) is 5.65 Å². The molecule has 0 unspecified atom stereocenters. The number of anilines is 1. The zero-order chi connectivity index (χ0) is 18.0. The first kappa shape index (κ1) is 16.8. The molecule has 0 N–H and O–H groups in total. The zero-order valence-corrected chi connectivity index (χ0v) is 14.9. The van der Waals surface area contributed by atoms with E-state index in [1.165, 1.54) is 0 Å². The molecule has 1 amide bonds. The maximum absolute atomic E-state index is 12.7. The van der Waals surface area contributed by atoms with Crippen molar-refractivity contribution in [3.8, 4) is 0 Å². The standard InChI is InChI=1S/C19H21N5O/c1-13-20-11-15-10-16(19(25)23(2)3)18(22-17(15)21-13)24(4)12-14-8-6-5-7-9-14/h5-11H,12H2,1-4H3. The average Bonchev–Trinajstić information content (AvgIpc) is 2.60. The number of fused-ring (bicyclic) bond motifs is 1. The Balaban J connectivity index is 2.09. The molecule has 0 aliphatic heterocycles. The molecule has 0 fully saturated rings. The molecule has 0 saturated carbocycles. The summed E-state index contributed by atoms with van der Waals surface area (Å²) in [5.41, 5.74) is 2.29. The van der Waals surface area contributed by atoms with Crippen molar-refractivity contribution in [3.63, 3.8) is 0 Å². The molecule has 6 nitrogen and oxygen atoms in total. The molecule has 0 bridgehead atoms. The number of carbonyl (C=O) groups excluding carboxylic acids is 1. The average molecular weight is 335 g/mol. The fourth-order valence-electron chi connectivity index (χ4n) is 2.66. The van der Waals surface area contributed by atoms with Crippen LogP contribution < -0.4 is 4.90 Å². The molecule has 0 spiro atoms. The predicted octanol–water partition coefficient (Wildman–Crippen LogP) is 2.67. The number of nitrogens with zero attached hydrogens (tertiary/aromatic N) is 5. The molecule has 2 aromatic heterocycles. The number of aromatic nitrogens is 3. The second-order valence-electron chi connectivity index (χ2n) is 6.23. The van der Waals surface area contributed by atoms with Crippen LogP contribution in [-0.4, -0.2) is 46.9 Å². The maximum atomic E-state index is 12.7. The van der Waals surface area contributed by atoms with E-state index >= 15 is 0 Å². The number of amides is 1. The van der Waals surface area contributed by atoms with Crippen molar-refractivity contribution in [1.29, 1.82) is 0 Å². The number of rotatable bonds is 4. The third kappa shape index (κ3) is 3.57. The monoisotopic (exact) mass is 335 g/mol. The number of pyridine rings is 1. The van der Waals surface area contributed by atoms with E-state index in [9.17, 15) is 4.79 Å². The molecule has 0 aliphatic carbocycles. The van der Waals surface area contributed by atoms with Crippen LogP contribution in [0.2, 0.25) is 0 Å². The van der Waals surface area contributed by atoms with Gasteiger partial charge in [0.2, 0.25) is 0 Å². The van der Waals surface area contributed by atoms with Crippen LogP contribution in [0.1, 0.15) is 21.7 Å². The summed E-state index contributed by atoms with van der Waals surface area (Å²) in [7, 11) is 5.40. The Morgan fingerprint density at radius 1 is 1.08 bits per heavy atom. The quantitative estimate of drug-likeness (QED) is 0.733. The van der Waals surface area contributed by atoms with Gasteiger partial charge in [0.25, 0.3) is 5.91 Å². The minimum absolute atomic E-state index is 0.0927. The van der Waals surface area contributed by atoms with Crippen LogP contribution in [0.4, 0.5) is 5.82 Å².